The fourth-order valence-corrected chi connectivity index (χ4v) is 2.23. The fourth-order valence-electron chi connectivity index (χ4n) is 1.48. The Labute approximate surface area is 86.9 Å². The number of aryl methyl sites for hydroxylation is 1. The molecular formula is C9H13N3OS. The zero-order valence-electron chi connectivity index (χ0n) is 8.12. The molecule has 1 aromatic heterocycles. The standard InChI is InChI=1S/C9H13N3OS/c1-7-11-6-8(14-7)9(13)12-4-2-10-3-5-12/h6,10H,2-5H2,1H3. The van der Waals surface area contributed by atoms with Gasteiger partial charge in [0.1, 0.15) is 4.88 Å². The van der Waals surface area contributed by atoms with Crippen molar-refractivity contribution in [3.8, 4) is 0 Å². The van der Waals surface area contributed by atoms with Crippen LogP contribution in [0.25, 0.3) is 0 Å². The van der Waals surface area contributed by atoms with Gasteiger partial charge < -0.3 is 10.2 Å². The van der Waals surface area contributed by atoms with E-state index in [1.165, 1.54) is 11.3 Å². The second kappa shape index (κ2) is 4.06. The third kappa shape index (κ3) is 1.93. The normalized spacial score (nSPS) is 17.1. The first kappa shape index (κ1) is 9.61. The van der Waals surface area contributed by atoms with E-state index < -0.39 is 0 Å². The number of rotatable bonds is 1. The molecular weight excluding hydrogens is 198 g/mol. The summed E-state index contributed by atoms with van der Waals surface area (Å²) in [5, 5.41) is 4.17. The van der Waals surface area contributed by atoms with Crippen LogP contribution in [0.3, 0.4) is 0 Å². The molecule has 0 aliphatic carbocycles. The lowest BCUT2D eigenvalue weighted by molar-refractivity contribution is 0.0740. The summed E-state index contributed by atoms with van der Waals surface area (Å²) in [4.78, 5) is 18.6. The Morgan fingerprint density at radius 3 is 2.86 bits per heavy atom. The van der Waals surface area contributed by atoms with Crippen LogP contribution in [0, 0.1) is 6.92 Å². The number of carbonyl (C=O) groups is 1. The predicted octanol–water partition coefficient (Wildman–Crippen LogP) is 0.497. The average molecular weight is 211 g/mol. The van der Waals surface area contributed by atoms with Crippen LogP contribution in [0.5, 0.6) is 0 Å². The lowest BCUT2D eigenvalue weighted by Crippen LogP contribution is -2.46. The third-order valence-electron chi connectivity index (χ3n) is 2.24. The van der Waals surface area contributed by atoms with Gasteiger partial charge in [-0.25, -0.2) is 4.98 Å². The van der Waals surface area contributed by atoms with Crippen molar-refractivity contribution in [3.63, 3.8) is 0 Å². The molecule has 1 aliphatic rings. The predicted molar refractivity (Wildman–Crippen MR) is 55.6 cm³/mol. The Morgan fingerprint density at radius 1 is 1.57 bits per heavy atom. The molecule has 1 saturated heterocycles. The van der Waals surface area contributed by atoms with Crippen molar-refractivity contribution in [3.05, 3.63) is 16.1 Å². The number of amides is 1. The maximum absolute atomic E-state index is 11.9. The molecule has 0 radical (unpaired) electrons. The topological polar surface area (TPSA) is 45.2 Å². The minimum atomic E-state index is 0.122. The third-order valence-corrected chi connectivity index (χ3v) is 3.14. The first-order valence-electron chi connectivity index (χ1n) is 4.70. The molecule has 0 spiro atoms. The molecule has 0 unspecified atom stereocenters. The molecule has 0 aromatic carbocycles. The summed E-state index contributed by atoms with van der Waals surface area (Å²) in [5.41, 5.74) is 0. The molecule has 14 heavy (non-hydrogen) atoms. The summed E-state index contributed by atoms with van der Waals surface area (Å²) in [6.07, 6.45) is 1.67. The van der Waals surface area contributed by atoms with E-state index in [4.69, 9.17) is 0 Å². The summed E-state index contributed by atoms with van der Waals surface area (Å²) in [7, 11) is 0. The highest BCUT2D eigenvalue weighted by Gasteiger charge is 2.19. The highest BCUT2D eigenvalue weighted by Crippen LogP contribution is 2.14. The fraction of sp³-hybridized carbons (Fsp3) is 0.556. The maximum atomic E-state index is 11.9. The number of carbonyl (C=O) groups excluding carboxylic acids is 1. The molecule has 0 atom stereocenters. The number of aromatic nitrogens is 1. The molecule has 1 aromatic rings. The molecule has 1 amide bonds. The van der Waals surface area contributed by atoms with Gasteiger partial charge in [-0.05, 0) is 6.92 Å². The minimum Gasteiger partial charge on any atom is -0.335 e. The molecule has 76 valence electrons. The molecule has 5 heteroatoms. The molecule has 4 nitrogen and oxygen atoms in total. The van der Waals surface area contributed by atoms with Gasteiger partial charge in [0.25, 0.3) is 5.91 Å². The average Bonchev–Trinajstić information content (AvgIpc) is 2.65. The van der Waals surface area contributed by atoms with Gasteiger partial charge in [0.15, 0.2) is 0 Å². The van der Waals surface area contributed by atoms with E-state index in [0.29, 0.717) is 0 Å². The Morgan fingerprint density at radius 2 is 2.29 bits per heavy atom. The first-order valence-corrected chi connectivity index (χ1v) is 5.51. The van der Waals surface area contributed by atoms with E-state index in [1.807, 2.05) is 11.8 Å². The van der Waals surface area contributed by atoms with Gasteiger partial charge in [0.05, 0.1) is 11.2 Å². The van der Waals surface area contributed by atoms with Crippen LogP contribution >= 0.6 is 11.3 Å². The summed E-state index contributed by atoms with van der Waals surface area (Å²) in [5.74, 6) is 0.122. The Hall–Kier alpha value is -0.940. The molecule has 1 N–H and O–H groups in total. The highest BCUT2D eigenvalue weighted by atomic mass is 32.1. The minimum absolute atomic E-state index is 0.122. The van der Waals surface area contributed by atoms with Gasteiger partial charge in [-0.15, -0.1) is 11.3 Å². The van der Waals surface area contributed by atoms with E-state index in [-0.39, 0.29) is 5.91 Å². The number of thiazole rings is 1. The number of piperazine rings is 1. The first-order chi connectivity index (χ1) is 6.77. The SMILES string of the molecule is Cc1ncc(C(=O)N2CCNCC2)s1. The van der Waals surface area contributed by atoms with E-state index in [2.05, 4.69) is 10.3 Å². The summed E-state index contributed by atoms with van der Waals surface area (Å²) >= 11 is 1.47. The summed E-state index contributed by atoms with van der Waals surface area (Å²) in [6.45, 7) is 5.30. The van der Waals surface area contributed by atoms with Crippen molar-refractivity contribution in [2.75, 3.05) is 26.2 Å². The van der Waals surface area contributed by atoms with Gasteiger partial charge >= 0.3 is 0 Å². The lowest BCUT2D eigenvalue weighted by atomic mass is 10.3. The van der Waals surface area contributed by atoms with E-state index in [9.17, 15) is 4.79 Å². The number of hydrogen-bond acceptors (Lipinski definition) is 4. The van der Waals surface area contributed by atoms with Gasteiger partial charge in [0, 0.05) is 26.2 Å². The van der Waals surface area contributed by atoms with Gasteiger partial charge in [0.2, 0.25) is 0 Å². The van der Waals surface area contributed by atoms with Crippen LogP contribution in [0.4, 0.5) is 0 Å². The van der Waals surface area contributed by atoms with Crippen molar-refractivity contribution in [1.82, 2.24) is 15.2 Å². The molecule has 1 fully saturated rings. The van der Waals surface area contributed by atoms with Gasteiger partial charge in [-0.2, -0.15) is 0 Å². The number of hydrogen-bond donors (Lipinski definition) is 1. The zero-order valence-corrected chi connectivity index (χ0v) is 8.93. The van der Waals surface area contributed by atoms with Crippen LogP contribution in [-0.4, -0.2) is 42.0 Å². The Balaban J connectivity index is 2.07. The van der Waals surface area contributed by atoms with E-state index in [0.717, 1.165) is 36.1 Å². The largest absolute Gasteiger partial charge is 0.335 e. The van der Waals surface area contributed by atoms with Crippen molar-refractivity contribution < 1.29 is 4.79 Å². The smallest absolute Gasteiger partial charge is 0.265 e. The molecule has 0 bridgehead atoms. The Kier molecular flexibility index (Phi) is 2.79. The monoisotopic (exact) mass is 211 g/mol. The molecule has 0 saturated carbocycles. The zero-order chi connectivity index (χ0) is 9.97. The second-order valence-corrected chi connectivity index (χ2v) is 4.52. The van der Waals surface area contributed by atoms with Crippen molar-refractivity contribution >= 4 is 17.2 Å². The van der Waals surface area contributed by atoms with Crippen LogP contribution in [0.2, 0.25) is 0 Å². The maximum Gasteiger partial charge on any atom is 0.265 e. The van der Waals surface area contributed by atoms with Crippen molar-refractivity contribution in [2.24, 2.45) is 0 Å². The highest BCUT2D eigenvalue weighted by molar-refractivity contribution is 7.13. The van der Waals surface area contributed by atoms with Crippen molar-refractivity contribution in [1.29, 1.82) is 0 Å². The lowest BCUT2D eigenvalue weighted by Gasteiger charge is -2.26. The second-order valence-electron chi connectivity index (χ2n) is 3.29. The summed E-state index contributed by atoms with van der Waals surface area (Å²) in [6, 6.07) is 0. The summed E-state index contributed by atoms with van der Waals surface area (Å²) < 4.78 is 0. The van der Waals surface area contributed by atoms with Gasteiger partial charge in [-0.3, -0.25) is 4.79 Å². The van der Waals surface area contributed by atoms with Crippen molar-refractivity contribution in [2.45, 2.75) is 6.92 Å². The van der Waals surface area contributed by atoms with Crippen LogP contribution in [-0.2, 0) is 0 Å². The van der Waals surface area contributed by atoms with Crippen LogP contribution in [0.15, 0.2) is 6.20 Å². The molecule has 2 heterocycles. The quantitative estimate of drug-likeness (QED) is 0.735. The van der Waals surface area contributed by atoms with E-state index in [1.54, 1.807) is 6.20 Å². The number of nitrogens with zero attached hydrogens (tertiary/aromatic N) is 2. The molecule has 2 rings (SSSR count). The number of nitrogens with one attached hydrogen (secondary N) is 1. The van der Waals surface area contributed by atoms with Crippen LogP contribution < -0.4 is 5.32 Å². The van der Waals surface area contributed by atoms with E-state index >= 15 is 0 Å². The van der Waals surface area contributed by atoms with Crippen LogP contribution in [0.1, 0.15) is 14.7 Å². The molecule has 1 aliphatic heterocycles. The van der Waals surface area contributed by atoms with Gasteiger partial charge in [-0.1, -0.05) is 0 Å². The Bertz CT molecular complexity index is 331.